The van der Waals surface area contributed by atoms with E-state index < -0.39 is 11.0 Å². The van der Waals surface area contributed by atoms with Crippen LogP contribution in [-0.4, -0.2) is 11.0 Å². The number of fused-ring (bicyclic) bond motifs is 1. The van der Waals surface area contributed by atoms with E-state index in [1.54, 1.807) is 30.3 Å². The van der Waals surface area contributed by atoms with Crippen molar-refractivity contribution in [1.82, 2.24) is 0 Å². The SMILES string of the molecule is CCC(C#N)Oc1ccc([N+](=O)[O-])c2ccccc12. The minimum absolute atomic E-state index is 0.0351. The van der Waals surface area contributed by atoms with Crippen molar-refractivity contribution in [3.05, 3.63) is 46.5 Å². The van der Waals surface area contributed by atoms with Crippen LogP contribution in [0.4, 0.5) is 5.69 Å². The largest absolute Gasteiger partial charge is 0.475 e. The zero-order valence-electron chi connectivity index (χ0n) is 10.4. The average molecular weight is 256 g/mol. The molecule has 0 aliphatic rings. The highest BCUT2D eigenvalue weighted by Crippen LogP contribution is 2.33. The molecule has 0 heterocycles. The van der Waals surface area contributed by atoms with Gasteiger partial charge in [0.2, 0.25) is 0 Å². The molecule has 96 valence electrons. The molecule has 1 unspecified atom stereocenters. The Bertz CT molecular complexity index is 661. The Balaban J connectivity index is 2.56. The molecule has 0 aliphatic carbocycles. The lowest BCUT2D eigenvalue weighted by Crippen LogP contribution is -2.12. The van der Waals surface area contributed by atoms with Crippen LogP contribution in [0.2, 0.25) is 0 Å². The van der Waals surface area contributed by atoms with E-state index in [0.717, 1.165) is 0 Å². The minimum Gasteiger partial charge on any atom is -0.475 e. The molecule has 2 rings (SSSR count). The molecule has 0 N–H and O–H groups in total. The number of nitro benzene ring substituents is 1. The Morgan fingerprint density at radius 3 is 2.58 bits per heavy atom. The van der Waals surface area contributed by atoms with E-state index in [0.29, 0.717) is 22.9 Å². The molecule has 0 aromatic heterocycles. The van der Waals surface area contributed by atoms with E-state index >= 15 is 0 Å². The molecule has 2 aromatic carbocycles. The Morgan fingerprint density at radius 1 is 1.32 bits per heavy atom. The molecule has 5 nitrogen and oxygen atoms in total. The molecule has 0 amide bonds. The highest BCUT2D eigenvalue weighted by Gasteiger charge is 2.16. The molecule has 0 bridgehead atoms. The highest BCUT2D eigenvalue weighted by molar-refractivity contribution is 5.95. The van der Waals surface area contributed by atoms with Crippen LogP contribution in [0.25, 0.3) is 10.8 Å². The number of ether oxygens (including phenoxy) is 1. The molecule has 0 fully saturated rings. The van der Waals surface area contributed by atoms with Gasteiger partial charge in [-0.2, -0.15) is 5.26 Å². The van der Waals surface area contributed by atoms with Gasteiger partial charge in [0.15, 0.2) is 6.10 Å². The van der Waals surface area contributed by atoms with Crippen molar-refractivity contribution < 1.29 is 9.66 Å². The van der Waals surface area contributed by atoms with Crippen molar-refractivity contribution in [2.45, 2.75) is 19.4 Å². The number of nitrogens with zero attached hydrogens (tertiary/aromatic N) is 2. The minimum atomic E-state index is -0.551. The van der Waals surface area contributed by atoms with Gasteiger partial charge in [-0.25, -0.2) is 0 Å². The molecule has 0 saturated heterocycles. The van der Waals surface area contributed by atoms with Gasteiger partial charge < -0.3 is 4.74 Å². The molecule has 19 heavy (non-hydrogen) atoms. The number of nitriles is 1. The number of hydrogen-bond donors (Lipinski definition) is 0. The summed E-state index contributed by atoms with van der Waals surface area (Å²) in [6, 6.07) is 11.9. The third kappa shape index (κ3) is 2.47. The average Bonchev–Trinajstić information content (AvgIpc) is 2.44. The Labute approximate surface area is 110 Å². The highest BCUT2D eigenvalue weighted by atomic mass is 16.6. The van der Waals surface area contributed by atoms with Crippen LogP contribution >= 0.6 is 0 Å². The van der Waals surface area contributed by atoms with Crippen LogP contribution in [-0.2, 0) is 0 Å². The first-order valence-corrected chi connectivity index (χ1v) is 5.89. The second-order valence-electron chi connectivity index (χ2n) is 4.03. The first kappa shape index (κ1) is 12.8. The van der Waals surface area contributed by atoms with Gasteiger partial charge in [0.05, 0.1) is 10.3 Å². The lowest BCUT2D eigenvalue weighted by molar-refractivity contribution is -0.383. The van der Waals surface area contributed by atoms with E-state index in [-0.39, 0.29) is 5.69 Å². The molecule has 1 atom stereocenters. The second-order valence-corrected chi connectivity index (χ2v) is 4.03. The standard InChI is InChI=1S/C14H12N2O3/c1-2-10(9-15)19-14-8-7-13(16(17)18)11-5-3-4-6-12(11)14/h3-8,10H,2H2,1H3. The summed E-state index contributed by atoms with van der Waals surface area (Å²) in [5, 5.41) is 21.0. The predicted octanol–water partition coefficient (Wildman–Crippen LogP) is 3.43. The Kier molecular flexibility index (Phi) is 3.62. The second kappa shape index (κ2) is 5.36. The maximum absolute atomic E-state index is 11.0. The summed E-state index contributed by atoms with van der Waals surface area (Å²) in [5.41, 5.74) is 0.0351. The zero-order chi connectivity index (χ0) is 13.8. The summed E-state index contributed by atoms with van der Waals surface area (Å²) in [4.78, 5) is 10.6. The van der Waals surface area contributed by atoms with Crippen molar-refractivity contribution in [2.24, 2.45) is 0 Å². The van der Waals surface area contributed by atoms with Gasteiger partial charge in [0.25, 0.3) is 5.69 Å². The lowest BCUT2D eigenvalue weighted by atomic mass is 10.1. The summed E-state index contributed by atoms with van der Waals surface area (Å²) in [5.74, 6) is 0.495. The van der Waals surface area contributed by atoms with E-state index in [1.807, 2.05) is 13.0 Å². The van der Waals surface area contributed by atoms with Crippen LogP contribution in [0.15, 0.2) is 36.4 Å². The third-order valence-electron chi connectivity index (χ3n) is 2.84. The van der Waals surface area contributed by atoms with Crippen LogP contribution in [0.5, 0.6) is 5.75 Å². The van der Waals surface area contributed by atoms with Crippen molar-refractivity contribution in [2.75, 3.05) is 0 Å². The predicted molar refractivity (Wildman–Crippen MR) is 70.9 cm³/mol. The topological polar surface area (TPSA) is 76.2 Å². The smallest absolute Gasteiger partial charge is 0.277 e. The quantitative estimate of drug-likeness (QED) is 0.620. The monoisotopic (exact) mass is 256 g/mol. The molecular formula is C14H12N2O3. The van der Waals surface area contributed by atoms with Crippen LogP contribution < -0.4 is 4.74 Å². The van der Waals surface area contributed by atoms with Crippen molar-refractivity contribution in [3.63, 3.8) is 0 Å². The molecule has 0 saturated carbocycles. The lowest BCUT2D eigenvalue weighted by Gasteiger charge is -2.12. The number of nitro groups is 1. The van der Waals surface area contributed by atoms with E-state index in [2.05, 4.69) is 0 Å². The number of rotatable bonds is 4. The summed E-state index contributed by atoms with van der Waals surface area (Å²) >= 11 is 0. The van der Waals surface area contributed by atoms with Gasteiger partial charge in [-0.15, -0.1) is 0 Å². The van der Waals surface area contributed by atoms with Crippen molar-refractivity contribution in [3.8, 4) is 11.8 Å². The molecule has 2 aromatic rings. The van der Waals surface area contributed by atoms with Crippen molar-refractivity contribution >= 4 is 16.5 Å². The van der Waals surface area contributed by atoms with E-state index in [1.165, 1.54) is 6.07 Å². The molecule has 0 radical (unpaired) electrons. The van der Waals surface area contributed by atoms with Gasteiger partial charge >= 0.3 is 0 Å². The number of benzene rings is 2. The van der Waals surface area contributed by atoms with Gasteiger partial charge in [-0.1, -0.05) is 25.1 Å². The Hall–Kier alpha value is -2.61. The van der Waals surface area contributed by atoms with E-state index in [4.69, 9.17) is 10.00 Å². The van der Waals surface area contributed by atoms with Crippen LogP contribution in [0.3, 0.4) is 0 Å². The first-order valence-electron chi connectivity index (χ1n) is 5.89. The van der Waals surface area contributed by atoms with Crippen LogP contribution in [0, 0.1) is 21.4 Å². The van der Waals surface area contributed by atoms with Crippen LogP contribution in [0.1, 0.15) is 13.3 Å². The van der Waals surface area contributed by atoms with Crippen molar-refractivity contribution in [1.29, 1.82) is 5.26 Å². The number of non-ortho nitro benzene ring substituents is 1. The van der Waals surface area contributed by atoms with Gasteiger partial charge in [-0.05, 0) is 18.6 Å². The van der Waals surface area contributed by atoms with E-state index in [9.17, 15) is 10.1 Å². The maximum atomic E-state index is 11.0. The summed E-state index contributed by atoms with van der Waals surface area (Å²) in [6.45, 7) is 1.85. The van der Waals surface area contributed by atoms with Gasteiger partial charge in [0, 0.05) is 11.5 Å². The van der Waals surface area contributed by atoms with Gasteiger partial charge in [-0.3, -0.25) is 10.1 Å². The first-order chi connectivity index (χ1) is 9.17. The third-order valence-corrected chi connectivity index (χ3v) is 2.84. The fraction of sp³-hybridized carbons (Fsp3) is 0.214. The molecule has 0 aliphatic heterocycles. The maximum Gasteiger partial charge on any atom is 0.277 e. The summed E-state index contributed by atoms with van der Waals surface area (Å²) in [6.07, 6.45) is 0.00630. The number of hydrogen-bond acceptors (Lipinski definition) is 4. The normalized spacial score (nSPS) is 11.8. The van der Waals surface area contributed by atoms with Gasteiger partial charge in [0.1, 0.15) is 11.8 Å². The fourth-order valence-corrected chi connectivity index (χ4v) is 1.87. The molecular weight excluding hydrogens is 244 g/mol. The zero-order valence-corrected chi connectivity index (χ0v) is 10.4. The summed E-state index contributed by atoms with van der Waals surface area (Å²) in [7, 11) is 0. The fourth-order valence-electron chi connectivity index (χ4n) is 1.87. The summed E-state index contributed by atoms with van der Waals surface area (Å²) < 4.78 is 5.58. The molecule has 5 heteroatoms. The molecule has 0 spiro atoms. The Morgan fingerprint density at radius 2 is 2.00 bits per heavy atom.